The second kappa shape index (κ2) is 8.65. The topological polar surface area (TPSA) is 52.9 Å². The van der Waals surface area contributed by atoms with Crippen molar-refractivity contribution < 1.29 is 4.79 Å². The molecule has 0 saturated heterocycles. The molecule has 1 aromatic rings. The van der Waals surface area contributed by atoms with E-state index < -0.39 is 0 Å². The summed E-state index contributed by atoms with van der Waals surface area (Å²) in [4.78, 5) is 12.0. The molecule has 4 heteroatoms. The number of thioether (sulfide) groups is 1. The maximum Gasteiger partial charge on any atom is 0.234 e. The normalized spacial score (nSPS) is 10.3. The molecular formula is C16H22N2OS. The lowest BCUT2D eigenvalue weighted by Crippen LogP contribution is -2.17. The van der Waals surface area contributed by atoms with E-state index in [2.05, 4.69) is 31.3 Å². The number of benzene rings is 1. The molecule has 20 heavy (non-hydrogen) atoms. The van der Waals surface area contributed by atoms with Gasteiger partial charge < -0.3 is 5.32 Å². The zero-order valence-corrected chi connectivity index (χ0v) is 13.2. The minimum atomic E-state index is 0.0307. The second-order valence-corrected chi connectivity index (χ2v) is 6.16. The van der Waals surface area contributed by atoms with Crippen LogP contribution in [0.3, 0.4) is 0 Å². The van der Waals surface area contributed by atoms with Gasteiger partial charge in [0.25, 0.3) is 0 Å². The summed E-state index contributed by atoms with van der Waals surface area (Å²) in [5.74, 6) is 1.71. The molecule has 0 aliphatic rings. The lowest BCUT2D eigenvalue weighted by Gasteiger charge is -2.16. The van der Waals surface area contributed by atoms with Crippen molar-refractivity contribution in [3.05, 3.63) is 29.3 Å². The van der Waals surface area contributed by atoms with Gasteiger partial charge in [-0.1, -0.05) is 32.0 Å². The molecule has 1 rings (SSSR count). The first-order chi connectivity index (χ1) is 9.56. The fourth-order valence-electron chi connectivity index (χ4n) is 1.94. The van der Waals surface area contributed by atoms with Gasteiger partial charge in [-0.15, -0.1) is 0 Å². The van der Waals surface area contributed by atoms with Crippen LogP contribution in [-0.2, 0) is 4.79 Å². The minimum absolute atomic E-state index is 0.0307. The molecule has 0 bridgehead atoms. The number of anilines is 1. The summed E-state index contributed by atoms with van der Waals surface area (Å²) in [5.41, 5.74) is 3.22. The molecule has 0 radical (unpaired) electrons. The average Bonchev–Trinajstić information content (AvgIpc) is 2.40. The number of carbonyl (C=O) groups is 1. The van der Waals surface area contributed by atoms with E-state index in [0.717, 1.165) is 23.4 Å². The van der Waals surface area contributed by atoms with Gasteiger partial charge in [0.2, 0.25) is 5.91 Å². The van der Waals surface area contributed by atoms with E-state index >= 15 is 0 Å². The zero-order chi connectivity index (χ0) is 15.0. The van der Waals surface area contributed by atoms with Crippen LogP contribution in [0.25, 0.3) is 0 Å². The van der Waals surface area contributed by atoms with Gasteiger partial charge >= 0.3 is 0 Å². The number of nitrogens with zero attached hydrogens (tertiary/aromatic N) is 1. The summed E-state index contributed by atoms with van der Waals surface area (Å²) in [6.07, 6.45) is 1.40. The van der Waals surface area contributed by atoms with E-state index in [-0.39, 0.29) is 5.91 Å². The Morgan fingerprint density at radius 3 is 2.85 bits per heavy atom. The maximum absolute atomic E-state index is 12.0. The van der Waals surface area contributed by atoms with Crippen LogP contribution >= 0.6 is 11.8 Å². The smallest absolute Gasteiger partial charge is 0.234 e. The summed E-state index contributed by atoms with van der Waals surface area (Å²) in [6, 6.07) is 8.21. The lowest BCUT2D eigenvalue weighted by molar-refractivity contribution is -0.113. The summed E-state index contributed by atoms with van der Waals surface area (Å²) in [6.45, 7) is 6.27. The Morgan fingerprint density at radius 2 is 2.20 bits per heavy atom. The van der Waals surface area contributed by atoms with Gasteiger partial charge in [-0.3, -0.25) is 4.79 Å². The van der Waals surface area contributed by atoms with E-state index in [1.54, 1.807) is 11.8 Å². The molecule has 1 N–H and O–H groups in total. The van der Waals surface area contributed by atoms with Crippen LogP contribution in [0.2, 0.25) is 0 Å². The Bertz CT molecular complexity index is 492. The third-order valence-corrected chi connectivity index (χ3v) is 4.05. The Kier molecular flexibility index (Phi) is 7.17. The second-order valence-electron chi connectivity index (χ2n) is 5.06. The Balaban J connectivity index is 2.56. The molecule has 0 atom stereocenters. The number of nitriles is 1. The predicted molar refractivity (Wildman–Crippen MR) is 86.1 cm³/mol. The van der Waals surface area contributed by atoms with Crippen LogP contribution in [0, 0.1) is 18.3 Å². The molecule has 1 amide bonds. The molecule has 0 saturated carbocycles. The van der Waals surface area contributed by atoms with Crippen molar-refractivity contribution in [2.45, 2.75) is 39.5 Å². The number of rotatable bonds is 7. The molecule has 108 valence electrons. The van der Waals surface area contributed by atoms with Crippen molar-refractivity contribution in [3.8, 4) is 6.07 Å². The highest BCUT2D eigenvalue weighted by Gasteiger charge is 2.11. The Morgan fingerprint density at radius 1 is 1.45 bits per heavy atom. The molecule has 0 heterocycles. The molecule has 0 spiro atoms. The van der Waals surface area contributed by atoms with Gasteiger partial charge in [0.05, 0.1) is 11.8 Å². The first-order valence-electron chi connectivity index (χ1n) is 6.90. The predicted octanol–water partition coefficient (Wildman–Crippen LogP) is 4.09. The Hall–Kier alpha value is -1.47. The van der Waals surface area contributed by atoms with Gasteiger partial charge in [0.1, 0.15) is 0 Å². The third-order valence-electron chi connectivity index (χ3n) is 3.00. The standard InChI is InChI=1S/C16H22N2OS/c1-12(2)14-8-6-7-13(3)16(14)18-15(19)11-20-10-5-4-9-17/h6-8,12H,4-5,10-11H2,1-3H3,(H,18,19). The minimum Gasteiger partial charge on any atom is -0.325 e. The lowest BCUT2D eigenvalue weighted by atomic mass is 9.98. The van der Waals surface area contributed by atoms with Crippen molar-refractivity contribution in [2.75, 3.05) is 16.8 Å². The molecule has 0 aliphatic carbocycles. The van der Waals surface area contributed by atoms with Crippen LogP contribution < -0.4 is 5.32 Å². The highest BCUT2D eigenvalue weighted by Crippen LogP contribution is 2.27. The molecular weight excluding hydrogens is 268 g/mol. The van der Waals surface area contributed by atoms with Crippen molar-refractivity contribution >= 4 is 23.4 Å². The number of aryl methyl sites for hydroxylation is 1. The number of hydrogen-bond donors (Lipinski definition) is 1. The number of para-hydroxylation sites is 1. The molecule has 0 unspecified atom stereocenters. The van der Waals surface area contributed by atoms with E-state index in [4.69, 9.17) is 5.26 Å². The monoisotopic (exact) mass is 290 g/mol. The first kappa shape index (κ1) is 16.6. The number of nitrogens with one attached hydrogen (secondary N) is 1. The Labute approximate surface area is 125 Å². The van der Waals surface area contributed by atoms with Crippen LogP contribution in [0.15, 0.2) is 18.2 Å². The fraction of sp³-hybridized carbons (Fsp3) is 0.500. The molecule has 1 aromatic carbocycles. The SMILES string of the molecule is Cc1cccc(C(C)C)c1NC(=O)CSCCCC#N. The number of hydrogen-bond acceptors (Lipinski definition) is 3. The highest BCUT2D eigenvalue weighted by molar-refractivity contribution is 7.99. The third kappa shape index (κ3) is 5.26. The molecule has 0 aromatic heterocycles. The fourth-order valence-corrected chi connectivity index (χ4v) is 2.69. The van der Waals surface area contributed by atoms with Gasteiger partial charge in [0, 0.05) is 12.1 Å². The van der Waals surface area contributed by atoms with E-state index in [1.165, 1.54) is 5.56 Å². The quantitative estimate of drug-likeness (QED) is 0.769. The van der Waals surface area contributed by atoms with Crippen LogP contribution in [-0.4, -0.2) is 17.4 Å². The maximum atomic E-state index is 12.0. The number of unbranched alkanes of at least 4 members (excludes halogenated alkanes) is 1. The first-order valence-corrected chi connectivity index (χ1v) is 8.05. The van der Waals surface area contributed by atoms with Crippen molar-refractivity contribution in [1.82, 2.24) is 0 Å². The van der Waals surface area contributed by atoms with Gasteiger partial charge in [-0.2, -0.15) is 17.0 Å². The molecule has 0 aliphatic heterocycles. The van der Waals surface area contributed by atoms with E-state index in [1.807, 2.05) is 19.1 Å². The van der Waals surface area contributed by atoms with Crippen molar-refractivity contribution in [3.63, 3.8) is 0 Å². The molecule has 0 fully saturated rings. The summed E-state index contributed by atoms with van der Waals surface area (Å²) < 4.78 is 0. The van der Waals surface area contributed by atoms with Crippen LogP contribution in [0.4, 0.5) is 5.69 Å². The summed E-state index contributed by atoms with van der Waals surface area (Å²) >= 11 is 1.58. The van der Waals surface area contributed by atoms with Crippen molar-refractivity contribution in [1.29, 1.82) is 5.26 Å². The number of carbonyl (C=O) groups excluding carboxylic acids is 1. The van der Waals surface area contributed by atoms with Crippen molar-refractivity contribution in [2.24, 2.45) is 0 Å². The van der Waals surface area contributed by atoms with Crippen LogP contribution in [0.5, 0.6) is 0 Å². The summed E-state index contributed by atoms with van der Waals surface area (Å²) in [5, 5.41) is 11.5. The van der Waals surface area contributed by atoms with E-state index in [9.17, 15) is 4.79 Å². The molecule has 3 nitrogen and oxygen atoms in total. The van der Waals surface area contributed by atoms with Crippen LogP contribution in [0.1, 0.15) is 43.7 Å². The zero-order valence-electron chi connectivity index (χ0n) is 12.4. The highest BCUT2D eigenvalue weighted by atomic mass is 32.2. The van der Waals surface area contributed by atoms with E-state index in [0.29, 0.717) is 18.1 Å². The number of amides is 1. The average molecular weight is 290 g/mol. The van der Waals surface area contributed by atoms with Gasteiger partial charge in [0.15, 0.2) is 0 Å². The summed E-state index contributed by atoms with van der Waals surface area (Å²) in [7, 11) is 0. The largest absolute Gasteiger partial charge is 0.325 e. The van der Waals surface area contributed by atoms with Gasteiger partial charge in [-0.25, -0.2) is 0 Å². The van der Waals surface area contributed by atoms with Gasteiger partial charge in [-0.05, 0) is 36.1 Å².